The van der Waals surface area contributed by atoms with Crippen molar-refractivity contribution in [3.05, 3.63) is 59.1 Å². The zero-order valence-corrected chi connectivity index (χ0v) is 20.8. The molecule has 0 spiro atoms. The summed E-state index contributed by atoms with van der Waals surface area (Å²) in [5.41, 5.74) is 1.23. The lowest BCUT2D eigenvalue weighted by Crippen LogP contribution is -2.24. The van der Waals surface area contributed by atoms with Crippen LogP contribution in [0.5, 0.6) is 5.75 Å². The molecule has 0 N–H and O–H groups in total. The molecule has 2 aromatic carbocycles. The molecule has 32 heavy (non-hydrogen) atoms. The van der Waals surface area contributed by atoms with Gasteiger partial charge in [-0.2, -0.15) is 0 Å². The van der Waals surface area contributed by atoms with E-state index in [0.717, 1.165) is 37.3 Å². The largest absolute Gasteiger partial charge is 0.493 e. The minimum atomic E-state index is -3.64. The van der Waals surface area contributed by atoms with Crippen molar-refractivity contribution >= 4 is 31.3 Å². The lowest BCUT2D eigenvalue weighted by molar-refractivity contribution is 0.225. The number of ether oxygens (including phenoxy) is 1. The van der Waals surface area contributed by atoms with Crippen molar-refractivity contribution < 1.29 is 21.6 Å². The van der Waals surface area contributed by atoms with Crippen molar-refractivity contribution in [2.75, 3.05) is 44.0 Å². The first-order valence-corrected chi connectivity index (χ1v) is 14.7. The van der Waals surface area contributed by atoms with Gasteiger partial charge in [-0.05, 0) is 54.3 Å². The molecule has 0 aliphatic carbocycles. The number of hydrogen-bond acceptors (Lipinski definition) is 6. The van der Waals surface area contributed by atoms with Crippen LogP contribution in [0.1, 0.15) is 12.5 Å². The van der Waals surface area contributed by atoms with E-state index < -0.39 is 25.4 Å². The molecule has 0 amide bonds. The molecule has 3 rings (SSSR count). The first-order chi connectivity index (χ1) is 15.0. The normalized spacial score (nSPS) is 19.8. The highest BCUT2D eigenvalue weighted by Gasteiger charge is 2.29. The summed E-state index contributed by atoms with van der Waals surface area (Å²) < 4.78 is 53.1. The fourth-order valence-electron chi connectivity index (χ4n) is 3.85. The Morgan fingerprint density at radius 3 is 2.41 bits per heavy atom. The Bertz CT molecular complexity index is 1120. The molecule has 1 aliphatic rings. The van der Waals surface area contributed by atoms with Gasteiger partial charge in [0.05, 0.1) is 23.0 Å². The molecule has 1 saturated heterocycles. The van der Waals surface area contributed by atoms with Crippen LogP contribution in [-0.2, 0) is 26.1 Å². The van der Waals surface area contributed by atoms with E-state index in [-0.39, 0.29) is 10.6 Å². The van der Waals surface area contributed by atoms with Gasteiger partial charge in [-0.15, -0.1) is 0 Å². The third-order valence-electron chi connectivity index (χ3n) is 5.82. The molecule has 0 bridgehead atoms. The summed E-state index contributed by atoms with van der Waals surface area (Å²) in [4.78, 5) is 2.55. The first kappa shape index (κ1) is 25.0. The molecule has 2 aromatic rings. The Morgan fingerprint density at radius 2 is 1.75 bits per heavy atom. The molecule has 1 fully saturated rings. The van der Waals surface area contributed by atoms with Crippen LogP contribution in [0.4, 0.5) is 0 Å². The standard InChI is InChI=1S/C23H30ClNO5S2/c1-18-15-25(11-10-19-4-3-5-21(24)14-19)16-20(18)17-30-22-6-8-23(9-7-22)32(28,29)13-12-31(2,26)27/h3-9,14,18,20H,10-13,15-17H2,1-2H3/t18-,20+/m1/s1. The highest BCUT2D eigenvalue weighted by molar-refractivity contribution is 7.94. The fourth-order valence-corrected chi connectivity index (χ4v) is 6.94. The summed E-state index contributed by atoms with van der Waals surface area (Å²) in [6.45, 7) is 5.74. The van der Waals surface area contributed by atoms with Gasteiger partial charge in [-0.3, -0.25) is 0 Å². The van der Waals surface area contributed by atoms with Crippen LogP contribution in [0.15, 0.2) is 53.4 Å². The zero-order valence-electron chi connectivity index (χ0n) is 18.4. The van der Waals surface area contributed by atoms with E-state index >= 15 is 0 Å². The highest BCUT2D eigenvalue weighted by atomic mass is 35.5. The van der Waals surface area contributed by atoms with Gasteiger partial charge in [0.25, 0.3) is 0 Å². The van der Waals surface area contributed by atoms with E-state index in [1.165, 1.54) is 17.7 Å². The summed E-state index contributed by atoms with van der Waals surface area (Å²) in [6, 6.07) is 14.2. The van der Waals surface area contributed by atoms with Crippen molar-refractivity contribution in [1.82, 2.24) is 4.90 Å². The van der Waals surface area contributed by atoms with E-state index in [1.807, 2.05) is 18.2 Å². The molecule has 0 unspecified atom stereocenters. The molecular formula is C23H30ClNO5S2. The number of nitrogens with zero attached hydrogens (tertiary/aromatic N) is 1. The molecule has 1 aliphatic heterocycles. The molecular weight excluding hydrogens is 470 g/mol. The smallest absolute Gasteiger partial charge is 0.179 e. The van der Waals surface area contributed by atoms with Crippen LogP contribution in [-0.4, -0.2) is 65.7 Å². The Morgan fingerprint density at radius 1 is 1.03 bits per heavy atom. The molecule has 9 heteroatoms. The van der Waals surface area contributed by atoms with Gasteiger partial charge in [0, 0.05) is 36.8 Å². The van der Waals surface area contributed by atoms with Crippen LogP contribution >= 0.6 is 11.6 Å². The van der Waals surface area contributed by atoms with Crippen molar-refractivity contribution in [3.63, 3.8) is 0 Å². The van der Waals surface area contributed by atoms with E-state index in [9.17, 15) is 16.8 Å². The maximum absolute atomic E-state index is 12.3. The topological polar surface area (TPSA) is 80.8 Å². The van der Waals surface area contributed by atoms with E-state index in [1.54, 1.807) is 12.1 Å². The monoisotopic (exact) mass is 499 g/mol. The fraction of sp³-hybridized carbons (Fsp3) is 0.478. The van der Waals surface area contributed by atoms with Gasteiger partial charge < -0.3 is 9.64 Å². The maximum atomic E-state index is 12.3. The lowest BCUT2D eigenvalue weighted by atomic mass is 9.99. The number of likely N-dealkylation sites (tertiary alicyclic amines) is 1. The Balaban J connectivity index is 1.48. The van der Waals surface area contributed by atoms with Gasteiger partial charge in [-0.1, -0.05) is 30.7 Å². The van der Waals surface area contributed by atoms with Gasteiger partial charge >= 0.3 is 0 Å². The predicted octanol–water partition coefficient (Wildman–Crippen LogP) is 3.35. The van der Waals surface area contributed by atoms with Crippen molar-refractivity contribution in [3.8, 4) is 5.75 Å². The number of benzene rings is 2. The molecule has 1 heterocycles. The van der Waals surface area contributed by atoms with Gasteiger partial charge in [-0.25, -0.2) is 16.8 Å². The Hall–Kier alpha value is -1.61. The summed E-state index contributed by atoms with van der Waals surface area (Å²) in [5, 5.41) is 0.762. The van der Waals surface area contributed by atoms with E-state index in [4.69, 9.17) is 16.3 Å². The minimum Gasteiger partial charge on any atom is -0.493 e. The van der Waals surface area contributed by atoms with E-state index in [0.29, 0.717) is 24.2 Å². The maximum Gasteiger partial charge on any atom is 0.179 e. The number of hydrogen-bond donors (Lipinski definition) is 0. The summed E-state index contributed by atoms with van der Waals surface area (Å²) in [5.74, 6) is 0.701. The van der Waals surface area contributed by atoms with Crippen LogP contribution in [0, 0.1) is 11.8 Å². The molecule has 176 valence electrons. The number of halogens is 1. The third-order valence-corrected chi connectivity index (χ3v) is 8.99. The second kappa shape index (κ2) is 10.5. The quantitative estimate of drug-likeness (QED) is 0.498. The molecule has 0 saturated carbocycles. The Labute approximate surface area is 196 Å². The van der Waals surface area contributed by atoms with Crippen LogP contribution in [0.3, 0.4) is 0 Å². The van der Waals surface area contributed by atoms with Crippen LogP contribution in [0.25, 0.3) is 0 Å². The summed E-state index contributed by atoms with van der Waals surface area (Å²) >= 11 is 6.07. The van der Waals surface area contributed by atoms with Gasteiger partial charge in [0.1, 0.15) is 15.6 Å². The molecule has 0 aromatic heterocycles. The van der Waals surface area contributed by atoms with Crippen molar-refractivity contribution in [2.24, 2.45) is 11.8 Å². The summed E-state index contributed by atoms with van der Waals surface area (Å²) in [6.07, 6.45) is 1.98. The highest BCUT2D eigenvalue weighted by Crippen LogP contribution is 2.25. The van der Waals surface area contributed by atoms with Gasteiger partial charge in [0.15, 0.2) is 9.84 Å². The average Bonchev–Trinajstić information content (AvgIpc) is 3.09. The SMILES string of the molecule is C[C@@H]1CN(CCc2cccc(Cl)c2)C[C@H]1COc1ccc(S(=O)(=O)CCS(C)(=O)=O)cc1. The van der Waals surface area contributed by atoms with Crippen molar-refractivity contribution in [2.45, 2.75) is 18.2 Å². The predicted molar refractivity (Wildman–Crippen MR) is 128 cm³/mol. The summed E-state index contributed by atoms with van der Waals surface area (Å²) in [7, 11) is -6.98. The van der Waals surface area contributed by atoms with Crippen molar-refractivity contribution in [1.29, 1.82) is 0 Å². The zero-order chi connectivity index (χ0) is 23.4. The minimum absolute atomic E-state index is 0.106. The number of sulfone groups is 2. The molecule has 2 atom stereocenters. The van der Waals surface area contributed by atoms with Gasteiger partial charge in [0.2, 0.25) is 0 Å². The first-order valence-electron chi connectivity index (χ1n) is 10.6. The average molecular weight is 500 g/mol. The Kier molecular flexibility index (Phi) is 8.25. The second-order valence-electron chi connectivity index (χ2n) is 8.61. The van der Waals surface area contributed by atoms with Crippen LogP contribution in [0.2, 0.25) is 5.02 Å². The molecule has 6 nitrogen and oxygen atoms in total. The molecule has 0 radical (unpaired) electrons. The second-order valence-corrected chi connectivity index (χ2v) is 13.4. The van der Waals surface area contributed by atoms with Crippen LogP contribution < -0.4 is 4.74 Å². The third kappa shape index (κ3) is 7.47. The lowest BCUT2D eigenvalue weighted by Gasteiger charge is -2.17. The van der Waals surface area contributed by atoms with E-state index in [2.05, 4.69) is 17.9 Å². The number of rotatable bonds is 10.